The molecule has 5 nitrogen and oxygen atoms in total. The molecule has 2 atom stereocenters. The lowest BCUT2D eigenvalue weighted by Crippen LogP contribution is -2.34. The molecule has 3 rings (SSSR count). The van der Waals surface area contributed by atoms with E-state index >= 15 is 0 Å². The summed E-state index contributed by atoms with van der Waals surface area (Å²) >= 11 is 0. The first-order chi connectivity index (χ1) is 12.1. The molecule has 0 unspecified atom stereocenters. The van der Waals surface area contributed by atoms with Crippen molar-refractivity contribution in [3.8, 4) is 0 Å². The number of benzene rings is 1. The van der Waals surface area contributed by atoms with E-state index in [1.54, 1.807) is 0 Å². The van der Waals surface area contributed by atoms with Crippen molar-refractivity contribution in [1.82, 2.24) is 4.90 Å². The van der Waals surface area contributed by atoms with Gasteiger partial charge in [-0.2, -0.15) is 13.2 Å². The zero-order valence-electron chi connectivity index (χ0n) is 14.3. The molecule has 1 aromatic carbocycles. The lowest BCUT2D eigenvalue weighted by atomic mass is 9.96. The van der Waals surface area contributed by atoms with Crippen LogP contribution in [0.5, 0.6) is 0 Å². The standard InChI is InChI=1S/C18H18F3NO4/c1-9-3-4-12-11(8-26-16(12)10(9)2)5-15(23)22-6-13(17(24)25)14(7-22)18(19,20)21/h3-4,8,13-14H,5-7H2,1-2H3,(H,24,25)/t13-,14-/m1/s1. The van der Waals surface area contributed by atoms with E-state index in [0.717, 1.165) is 21.4 Å². The Balaban J connectivity index is 1.81. The molecule has 1 amide bonds. The van der Waals surface area contributed by atoms with E-state index in [0.29, 0.717) is 11.1 Å². The summed E-state index contributed by atoms with van der Waals surface area (Å²) in [5, 5.41) is 9.79. The van der Waals surface area contributed by atoms with Crippen LogP contribution in [-0.4, -0.2) is 41.1 Å². The predicted octanol–water partition coefficient (Wildman–Crippen LogP) is 3.31. The molecule has 26 heavy (non-hydrogen) atoms. The molecule has 0 radical (unpaired) electrons. The molecule has 1 N–H and O–H groups in total. The van der Waals surface area contributed by atoms with Crippen LogP contribution in [-0.2, 0) is 16.0 Å². The minimum Gasteiger partial charge on any atom is -0.481 e. The maximum Gasteiger partial charge on any atom is 0.394 e. The number of nitrogens with zero attached hydrogens (tertiary/aromatic N) is 1. The van der Waals surface area contributed by atoms with Gasteiger partial charge in [-0.1, -0.05) is 12.1 Å². The molecule has 2 aromatic rings. The Morgan fingerprint density at radius 3 is 2.54 bits per heavy atom. The van der Waals surface area contributed by atoms with Crippen molar-refractivity contribution in [1.29, 1.82) is 0 Å². The van der Waals surface area contributed by atoms with Crippen LogP contribution in [0.15, 0.2) is 22.8 Å². The summed E-state index contributed by atoms with van der Waals surface area (Å²) < 4.78 is 44.7. The number of fused-ring (bicyclic) bond motifs is 1. The Morgan fingerprint density at radius 1 is 1.27 bits per heavy atom. The first-order valence-electron chi connectivity index (χ1n) is 8.13. The Morgan fingerprint density at radius 2 is 1.96 bits per heavy atom. The van der Waals surface area contributed by atoms with Gasteiger partial charge in [0.15, 0.2) is 0 Å². The molecule has 1 aliphatic rings. The van der Waals surface area contributed by atoms with E-state index in [4.69, 9.17) is 9.52 Å². The van der Waals surface area contributed by atoms with Crippen LogP contribution in [0, 0.1) is 25.7 Å². The molecule has 2 heterocycles. The number of alkyl halides is 3. The summed E-state index contributed by atoms with van der Waals surface area (Å²) in [6.07, 6.45) is -3.36. The van der Waals surface area contributed by atoms with Gasteiger partial charge in [-0.15, -0.1) is 0 Å². The van der Waals surface area contributed by atoms with Gasteiger partial charge in [0.1, 0.15) is 5.58 Å². The quantitative estimate of drug-likeness (QED) is 0.901. The molecule has 140 valence electrons. The SMILES string of the molecule is Cc1ccc2c(CC(=O)N3C[C@@H](C(F)(F)F)[C@H](C(=O)O)C3)coc2c1C. The van der Waals surface area contributed by atoms with Gasteiger partial charge in [-0.3, -0.25) is 9.59 Å². The van der Waals surface area contributed by atoms with E-state index in [1.807, 2.05) is 26.0 Å². The smallest absolute Gasteiger partial charge is 0.394 e. The molecule has 1 saturated heterocycles. The molecule has 0 spiro atoms. The van der Waals surface area contributed by atoms with Crippen LogP contribution in [0.3, 0.4) is 0 Å². The van der Waals surface area contributed by atoms with E-state index in [9.17, 15) is 22.8 Å². The molecule has 1 aliphatic heterocycles. The molecular weight excluding hydrogens is 351 g/mol. The first kappa shape index (κ1) is 18.3. The van der Waals surface area contributed by atoms with Gasteiger partial charge in [0.25, 0.3) is 0 Å². The number of carboxylic acids is 1. The van der Waals surface area contributed by atoms with Crippen molar-refractivity contribution < 1.29 is 32.3 Å². The minimum absolute atomic E-state index is 0.133. The number of carbonyl (C=O) groups is 2. The highest BCUT2D eigenvalue weighted by atomic mass is 19.4. The minimum atomic E-state index is -4.66. The lowest BCUT2D eigenvalue weighted by Gasteiger charge is -2.18. The summed E-state index contributed by atoms with van der Waals surface area (Å²) in [4.78, 5) is 24.6. The molecule has 0 aliphatic carbocycles. The van der Waals surface area contributed by atoms with Crippen LogP contribution in [0.1, 0.15) is 16.7 Å². The Kier molecular flexibility index (Phi) is 4.46. The number of carbonyl (C=O) groups excluding carboxylic acids is 1. The van der Waals surface area contributed by atoms with Crippen molar-refractivity contribution in [3.05, 3.63) is 35.1 Å². The number of likely N-dealkylation sites (tertiary alicyclic amines) is 1. The highest BCUT2D eigenvalue weighted by Crippen LogP contribution is 2.38. The van der Waals surface area contributed by atoms with Gasteiger partial charge in [-0.05, 0) is 25.0 Å². The van der Waals surface area contributed by atoms with Gasteiger partial charge in [-0.25, -0.2) is 0 Å². The van der Waals surface area contributed by atoms with Gasteiger partial charge in [0.2, 0.25) is 5.91 Å². The largest absolute Gasteiger partial charge is 0.481 e. The number of halogens is 3. The fourth-order valence-electron chi connectivity index (χ4n) is 3.39. The Labute approximate surface area is 147 Å². The molecule has 8 heteroatoms. The van der Waals surface area contributed by atoms with Crippen LogP contribution in [0.4, 0.5) is 13.2 Å². The maximum atomic E-state index is 13.1. The fourth-order valence-corrected chi connectivity index (χ4v) is 3.39. The van der Waals surface area contributed by atoms with Crippen LogP contribution >= 0.6 is 0 Å². The van der Waals surface area contributed by atoms with E-state index in [1.165, 1.54) is 6.26 Å². The third kappa shape index (κ3) is 3.15. The van der Waals surface area contributed by atoms with Crippen LogP contribution in [0.2, 0.25) is 0 Å². The summed E-state index contributed by atoms with van der Waals surface area (Å²) in [5.41, 5.74) is 3.19. The number of hydrogen-bond acceptors (Lipinski definition) is 3. The first-order valence-corrected chi connectivity index (χ1v) is 8.13. The van der Waals surface area contributed by atoms with Crippen LogP contribution < -0.4 is 0 Å². The number of rotatable bonds is 3. The normalized spacial score (nSPS) is 20.7. The number of aryl methyl sites for hydroxylation is 2. The maximum absolute atomic E-state index is 13.1. The van der Waals surface area contributed by atoms with E-state index in [2.05, 4.69) is 0 Å². The average molecular weight is 369 g/mol. The zero-order valence-corrected chi connectivity index (χ0v) is 14.3. The van der Waals surface area contributed by atoms with Crippen molar-refractivity contribution in [3.63, 3.8) is 0 Å². The van der Waals surface area contributed by atoms with Gasteiger partial charge in [0.05, 0.1) is 24.5 Å². The molecular formula is C18H18F3NO4. The molecule has 1 aromatic heterocycles. The second kappa shape index (κ2) is 6.34. The predicted molar refractivity (Wildman–Crippen MR) is 86.6 cm³/mol. The Bertz CT molecular complexity index is 871. The second-order valence-corrected chi connectivity index (χ2v) is 6.71. The molecule has 1 fully saturated rings. The zero-order chi connectivity index (χ0) is 19.2. The van der Waals surface area contributed by atoms with Crippen molar-refractivity contribution in [2.45, 2.75) is 26.4 Å². The van der Waals surface area contributed by atoms with Crippen LogP contribution in [0.25, 0.3) is 11.0 Å². The number of amides is 1. The third-order valence-corrected chi connectivity index (χ3v) is 5.09. The van der Waals surface area contributed by atoms with Gasteiger partial charge >= 0.3 is 12.1 Å². The highest BCUT2D eigenvalue weighted by Gasteiger charge is 2.53. The van der Waals surface area contributed by atoms with Crippen molar-refractivity contribution >= 4 is 22.8 Å². The Hall–Kier alpha value is -2.51. The van der Waals surface area contributed by atoms with E-state index in [-0.39, 0.29) is 6.42 Å². The summed E-state index contributed by atoms with van der Waals surface area (Å²) in [6.45, 7) is 2.74. The highest BCUT2D eigenvalue weighted by molar-refractivity contribution is 5.90. The average Bonchev–Trinajstić information content (AvgIpc) is 3.15. The fraction of sp³-hybridized carbons (Fsp3) is 0.444. The molecule has 0 bridgehead atoms. The summed E-state index contributed by atoms with van der Waals surface area (Å²) in [5.74, 6) is -5.76. The van der Waals surface area contributed by atoms with Gasteiger partial charge in [0, 0.05) is 24.0 Å². The number of aliphatic carboxylic acids is 1. The van der Waals surface area contributed by atoms with E-state index < -0.39 is 43.0 Å². The number of furan rings is 1. The summed E-state index contributed by atoms with van der Waals surface area (Å²) in [6, 6.07) is 3.70. The number of carboxylic acid groups (broad SMARTS) is 1. The molecule has 0 saturated carbocycles. The third-order valence-electron chi connectivity index (χ3n) is 5.09. The van der Waals surface area contributed by atoms with Crippen molar-refractivity contribution in [2.75, 3.05) is 13.1 Å². The van der Waals surface area contributed by atoms with Crippen molar-refractivity contribution in [2.24, 2.45) is 11.8 Å². The van der Waals surface area contributed by atoms with Gasteiger partial charge < -0.3 is 14.4 Å². The number of hydrogen-bond donors (Lipinski definition) is 1. The second-order valence-electron chi connectivity index (χ2n) is 6.71. The lowest BCUT2D eigenvalue weighted by molar-refractivity contribution is -0.188. The monoisotopic (exact) mass is 369 g/mol. The summed E-state index contributed by atoms with van der Waals surface area (Å²) in [7, 11) is 0. The topological polar surface area (TPSA) is 70.8 Å².